The Balaban J connectivity index is 3.20. The first-order chi connectivity index (χ1) is 19.3. The summed E-state index contributed by atoms with van der Waals surface area (Å²) in [5.74, 6) is 0.907. The molecule has 0 aliphatic carbocycles. The van der Waals surface area contributed by atoms with Crippen LogP contribution in [-0.2, 0) is 0 Å². The Morgan fingerprint density at radius 3 is 0.641 bits per heavy atom. The Morgan fingerprint density at radius 1 is 0.282 bits per heavy atom. The van der Waals surface area contributed by atoms with Crippen LogP contribution < -0.4 is 0 Å². The molecule has 0 bridgehead atoms. The maximum Gasteiger partial charge on any atom is -0.0414 e. The highest BCUT2D eigenvalue weighted by Crippen LogP contribution is 2.22. The van der Waals surface area contributed by atoms with Gasteiger partial charge >= 0.3 is 0 Å². The largest absolute Gasteiger partial charge is 0.0654 e. The lowest BCUT2D eigenvalue weighted by atomic mass is 9.92. The molecule has 0 fully saturated rings. The second kappa shape index (κ2) is 36.0. The molecule has 1 atom stereocenters. The zero-order valence-corrected chi connectivity index (χ0v) is 28.0. The summed E-state index contributed by atoms with van der Waals surface area (Å²) in [5.41, 5.74) is 0. The van der Waals surface area contributed by atoms with Crippen LogP contribution in [0.2, 0.25) is 0 Å². The lowest BCUT2D eigenvalue weighted by Gasteiger charge is -2.14. The first-order valence-electron chi connectivity index (χ1n) is 19.1. The molecule has 0 N–H and O–H groups in total. The van der Waals surface area contributed by atoms with E-state index in [-0.39, 0.29) is 0 Å². The summed E-state index contributed by atoms with van der Waals surface area (Å²) in [6.07, 6.45) is 51.1. The second-order valence-corrected chi connectivity index (χ2v) is 13.3. The quantitative estimate of drug-likeness (QED) is 0.0692. The van der Waals surface area contributed by atoms with Crippen molar-refractivity contribution in [3.05, 3.63) is 6.92 Å². The van der Waals surface area contributed by atoms with Gasteiger partial charge in [-0.3, -0.25) is 0 Å². The minimum Gasteiger partial charge on any atom is -0.0654 e. The van der Waals surface area contributed by atoms with Gasteiger partial charge < -0.3 is 0 Å². The highest BCUT2D eigenvalue weighted by Gasteiger charge is 2.06. The predicted molar refractivity (Wildman–Crippen MR) is 182 cm³/mol. The molecule has 0 heterocycles. The predicted octanol–water partition coefficient (Wildman–Crippen LogP) is 15.1. The van der Waals surface area contributed by atoms with E-state index in [1.807, 2.05) is 0 Å². The number of hydrogen-bond donors (Lipinski definition) is 0. The van der Waals surface area contributed by atoms with E-state index in [2.05, 4.69) is 20.8 Å². The summed E-state index contributed by atoms with van der Waals surface area (Å²) in [4.78, 5) is 0. The van der Waals surface area contributed by atoms with Gasteiger partial charge in [0.25, 0.3) is 0 Å². The smallest absolute Gasteiger partial charge is 0.0414 e. The molecule has 0 aromatic rings. The van der Waals surface area contributed by atoms with Crippen LogP contribution in [0.15, 0.2) is 0 Å². The van der Waals surface area contributed by atoms with Crippen molar-refractivity contribution in [1.29, 1.82) is 0 Å². The molecule has 0 aromatic carbocycles. The van der Waals surface area contributed by atoms with Crippen LogP contribution in [0.4, 0.5) is 0 Å². The maximum absolute atomic E-state index is 4.25. The zero-order chi connectivity index (χ0) is 28.3. The molecular formula is C39H79. The lowest BCUT2D eigenvalue weighted by Crippen LogP contribution is -1.99. The molecule has 0 spiro atoms. The SMILES string of the molecule is [CH2]CC(CCCCCCCCCCC)CCCCCCCCCCCCCCCCCCCCCCCCC. The van der Waals surface area contributed by atoms with E-state index < -0.39 is 0 Å². The summed E-state index contributed by atoms with van der Waals surface area (Å²) in [6.45, 7) is 8.87. The molecule has 0 amide bonds. The molecule has 235 valence electrons. The van der Waals surface area contributed by atoms with E-state index in [1.165, 1.54) is 218 Å². The minimum atomic E-state index is 0.907. The topological polar surface area (TPSA) is 0 Å². The van der Waals surface area contributed by atoms with Crippen molar-refractivity contribution in [1.82, 2.24) is 0 Å². The summed E-state index contributed by atoms with van der Waals surface area (Å²) >= 11 is 0. The summed E-state index contributed by atoms with van der Waals surface area (Å²) in [7, 11) is 0. The molecule has 1 radical (unpaired) electrons. The van der Waals surface area contributed by atoms with Crippen LogP contribution in [-0.4, -0.2) is 0 Å². The third-order valence-electron chi connectivity index (χ3n) is 9.34. The van der Waals surface area contributed by atoms with E-state index in [0.29, 0.717) is 0 Å². The molecule has 0 nitrogen and oxygen atoms in total. The molecule has 0 saturated carbocycles. The van der Waals surface area contributed by atoms with Crippen molar-refractivity contribution in [3.8, 4) is 0 Å². The van der Waals surface area contributed by atoms with Gasteiger partial charge in [0.1, 0.15) is 0 Å². The van der Waals surface area contributed by atoms with Crippen LogP contribution in [0.1, 0.15) is 239 Å². The van der Waals surface area contributed by atoms with Crippen LogP contribution in [0.3, 0.4) is 0 Å². The van der Waals surface area contributed by atoms with Crippen molar-refractivity contribution >= 4 is 0 Å². The van der Waals surface area contributed by atoms with E-state index in [0.717, 1.165) is 12.3 Å². The van der Waals surface area contributed by atoms with Crippen molar-refractivity contribution < 1.29 is 0 Å². The van der Waals surface area contributed by atoms with E-state index in [4.69, 9.17) is 0 Å². The standard InChI is InChI=1S/C39H79/c1-4-7-9-11-13-15-16-17-18-19-20-21-22-23-24-25-26-27-28-30-32-34-36-38-39(6-3)37-35-33-31-29-14-12-10-8-5-2/h39H,3-38H2,1-2H3. The van der Waals surface area contributed by atoms with Gasteiger partial charge in [0.2, 0.25) is 0 Å². The fraction of sp³-hybridized carbons (Fsp3) is 0.974. The van der Waals surface area contributed by atoms with Gasteiger partial charge in [-0.25, -0.2) is 0 Å². The molecule has 0 heteroatoms. The van der Waals surface area contributed by atoms with Gasteiger partial charge in [-0.1, -0.05) is 245 Å². The third kappa shape index (κ3) is 34.1. The summed E-state index contributed by atoms with van der Waals surface area (Å²) < 4.78 is 0. The average Bonchev–Trinajstić information content (AvgIpc) is 2.95. The zero-order valence-electron chi connectivity index (χ0n) is 28.0. The maximum atomic E-state index is 4.25. The monoisotopic (exact) mass is 548 g/mol. The fourth-order valence-electron chi connectivity index (χ4n) is 6.40. The number of rotatable bonds is 35. The summed E-state index contributed by atoms with van der Waals surface area (Å²) in [6, 6.07) is 0. The Morgan fingerprint density at radius 2 is 0.462 bits per heavy atom. The van der Waals surface area contributed by atoms with Crippen LogP contribution in [0.5, 0.6) is 0 Å². The fourth-order valence-corrected chi connectivity index (χ4v) is 6.40. The van der Waals surface area contributed by atoms with Crippen LogP contribution in [0.25, 0.3) is 0 Å². The lowest BCUT2D eigenvalue weighted by molar-refractivity contribution is 0.404. The molecule has 0 rings (SSSR count). The van der Waals surface area contributed by atoms with Crippen molar-refractivity contribution in [2.24, 2.45) is 5.92 Å². The van der Waals surface area contributed by atoms with Gasteiger partial charge in [0.05, 0.1) is 0 Å². The van der Waals surface area contributed by atoms with Crippen LogP contribution >= 0.6 is 0 Å². The highest BCUT2D eigenvalue weighted by atomic mass is 14.1. The van der Waals surface area contributed by atoms with Gasteiger partial charge in [-0.2, -0.15) is 0 Å². The second-order valence-electron chi connectivity index (χ2n) is 13.3. The first-order valence-corrected chi connectivity index (χ1v) is 19.1. The minimum absolute atomic E-state index is 0.907. The van der Waals surface area contributed by atoms with Gasteiger partial charge in [0, 0.05) is 0 Å². The Hall–Kier alpha value is 0. The van der Waals surface area contributed by atoms with E-state index >= 15 is 0 Å². The molecular weight excluding hydrogens is 468 g/mol. The Kier molecular flexibility index (Phi) is 36.0. The van der Waals surface area contributed by atoms with Crippen LogP contribution in [0, 0.1) is 12.8 Å². The van der Waals surface area contributed by atoms with Crippen molar-refractivity contribution in [2.75, 3.05) is 0 Å². The van der Waals surface area contributed by atoms with Gasteiger partial charge in [-0.15, -0.1) is 0 Å². The Labute approximate surface area is 251 Å². The van der Waals surface area contributed by atoms with E-state index in [1.54, 1.807) is 0 Å². The molecule has 0 aliphatic rings. The molecule has 0 saturated heterocycles. The molecule has 0 aliphatic heterocycles. The number of hydrogen-bond acceptors (Lipinski definition) is 0. The first kappa shape index (κ1) is 39.0. The average molecular weight is 548 g/mol. The molecule has 39 heavy (non-hydrogen) atoms. The van der Waals surface area contributed by atoms with Gasteiger partial charge in [-0.05, 0) is 5.92 Å². The van der Waals surface area contributed by atoms with Crippen molar-refractivity contribution in [3.63, 3.8) is 0 Å². The Bertz CT molecular complexity index is 399. The number of unbranched alkanes of at least 4 members (excludes halogenated alkanes) is 30. The highest BCUT2D eigenvalue weighted by molar-refractivity contribution is 4.62. The normalized spacial score (nSPS) is 12.4. The van der Waals surface area contributed by atoms with Gasteiger partial charge in [0.15, 0.2) is 0 Å². The molecule has 1 unspecified atom stereocenters. The summed E-state index contributed by atoms with van der Waals surface area (Å²) in [5, 5.41) is 0. The molecule has 0 aromatic heterocycles. The van der Waals surface area contributed by atoms with E-state index in [9.17, 15) is 0 Å². The third-order valence-corrected chi connectivity index (χ3v) is 9.34. The van der Waals surface area contributed by atoms with Crippen molar-refractivity contribution in [2.45, 2.75) is 239 Å².